The van der Waals surface area contributed by atoms with Crippen LogP contribution in [-0.2, 0) is 20.2 Å². The number of carbonyl (C=O) groups excluding carboxylic acids is 1. The predicted molar refractivity (Wildman–Crippen MR) is 111 cm³/mol. The third-order valence-electron chi connectivity index (χ3n) is 6.38. The summed E-state index contributed by atoms with van der Waals surface area (Å²) in [6, 6.07) is 12.9. The number of rotatable bonds is 2. The second-order valence-electron chi connectivity index (χ2n) is 7.61. The van der Waals surface area contributed by atoms with Crippen molar-refractivity contribution in [2.75, 3.05) is 25.0 Å². The molecule has 0 saturated carbocycles. The number of likely N-dealkylation sites (N-methyl/N-ethyl adjacent to an activating group) is 1. The van der Waals surface area contributed by atoms with Crippen LogP contribution >= 0.6 is 15.9 Å². The fourth-order valence-corrected chi connectivity index (χ4v) is 7.95. The van der Waals surface area contributed by atoms with Gasteiger partial charge in [0.15, 0.2) is 9.84 Å². The first-order chi connectivity index (χ1) is 13.3. The van der Waals surface area contributed by atoms with Crippen molar-refractivity contribution in [3.8, 4) is 0 Å². The Hall–Kier alpha value is -1.96. The van der Waals surface area contributed by atoms with Crippen LogP contribution in [0, 0.1) is 0 Å². The lowest BCUT2D eigenvalue weighted by molar-refractivity contribution is -0.128. The maximum absolute atomic E-state index is 13.9. The number of likely N-dealkylation sites (tertiary alicyclic amines) is 1. The standard InChI is InChI=1S/C21H19BrN2O3S/c1-3-10-24-16-9-8-13(22)11-15(16)21(20(24)25)19-14-6-4-5-7-17(14)28(26,27)18(19)12-23(21)2/h3-9,11,18-19H,1,10,12H2,2H3/t18-,19-,21-/m1/s1. The van der Waals surface area contributed by atoms with Gasteiger partial charge >= 0.3 is 0 Å². The monoisotopic (exact) mass is 458 g/mol. The molecule has 144 valence electrons. The molecule has 28 heavy (non-hydrogen) atoms. The van der Waals surface area contributed by atoms with E-state index >= 15 is 0 Å². The van der Waals surface area contributed by atoms with E-state index in [1.165, 1.54) is 0 Å². The summed E-state index contributed by atoms with van der Waals surface area (Å²) in [5, 5.41) is -0.630. The number of nitrogens with zero attached hydrogens (tertiary/aromatic N) is 2. The molecule has 3 aliphatic rings. The lowest BCUT2D eigenvalue weighted by Gasteiger charge is -2.36. The molecule has 3 atom stereocenters. The Balaban J connectivity index is 1.84. The number of carbonyl (C=O) groups is 1. The molecule has 1 spiro atoms. The van der Waals surface area contributed by atoms with Gasteiger partial charge in [-0.3, -0.25) is 9.69 Å². The normalized spacial score (nSPS) is 29.8. The second kappa shape index (κ2) is 5.78. The van der Waals surface area contributed by atoms with Crippen LogP contribution in [0.15, 0.2) is 64.5 Å². The molecule has 0 aromatic heterocycles. The van der Waals surface area contributed by atoms with E-state index in [9.17, 15) is 13.2 Å². The van der Waals surface area contributed by atoms with E-state index in [0.29, 0.717) is 18.0 Å². The first kappa shape index (κ1) is 18.1. The molecular weight excluding hydrogens is 440 g/mol. The first-order valence-corrected chi connectivity index (χ1v) is 11.5. The fourth-order valence-electron chi connectivity index (χ4n) is 5.35. The van der Waals surface area contributed by atoms with Crippen LogP contribution in [0.25, 0.3) is 0 Å². The Morgan fingerprint density at radius 3 is 2.79 bits per heavy atom. The predicted octanol–water partition coefficient (Wildman–Crippen LogP) is 3.06. The molecule has 0 radical (unpaired) electrons. The molecule has 0 unspecified atom stereocenters. The molecule has 7 heteroatoms. The highest BCUT2D eigenvalue weighted by Gasteiger charge is 2.69. The topological polar surface area (TPSA) is 57.7 Å². The van der Waals surface area contributed by atoms with Crippen LogP contribution < -0.4 is 4.90 Å². The molecule has 5 nitrogen and oxygen atoms in total. The number of anilines is 1. The van der Waals surface area contributed by atoms with Crippen LogP contribution in [-0.4, -0.2) is 44.6 Å². The number of fused-ring (bicyclic) bond motifs is 6. The first-order valence-electron chi connectivity index (χ1n) is 9.12. The number of sulfone groups is 1. The molecule has 2 aromatic rings. The van der Waals surface area contributed by atoms with E-state index in [1.54, 1.807) is 23.1 Å². The molecule has 1 saturated heterocycles. The van der Waals surface area contributed by atoms with Gasteiger partial charge < -0.3 is 4.90 Å². The maximum Gasteiger partial charge on any atom is 0.253 e. The molecule has 3 heterocycles. The summed E-state index contributed by atoms with van der Waals surface area (Å²) in [5.74, 6) is -0.517. The lowest BCUT2D eigenvalue weighted by Crippen LogP contribution is -2.50. The Labute approximate surface area is 172 Å². The Morgan fingerprint density at radius 2 is 2.04 bits per heavy atom. The molecule has 1 amide bonds. The Bertz CT molecular complexity index is 1150. The van der Waals surface area contributed by atoms with Gasteiger partial charge in [-0.25, -0.2) is 8.42 Å². The zero-order chi connectivity index (χ0) is 19.8. The number of halogens is 1. The van der Waals surface area contributed by atoms with Gasteiger partial charge in [-0.15, -0.1) is 6.58 Å². The van der Waals surface area contributed by atoms with Crippen molar-refractivity contribution in [1.29, 1.82) is 0 Å². The minimum absolute atomic E-state index is 0.0811. The van der Waals surface area contributed by atoms with Crippen LogP contribution in [0.1, 0.15) is 17.0 Å². The van der Waals surface area contributed by atoms with Crippen molar-refractivity contribution in [3.05, 3.63) is 70.7 Å². The van der Waals surface area contributed by atoms with Gasteiger partial charge in [-0.05, 0) is 36.9 Å². The fraction of sp³-hybridized carbons (Fsp3) is 0.286. The third kappa shape index (κ3) is 1.94. The lowest BCUT2D eigenvalue weighted by atomic mass is 9.76. The van der Waals surface area contributed by atoms with E-state index in [-0.39, 0.29) is 5.91 Å². The summed E-state index contributed by atoms with van der Waals surface area (Å²) in [4.78, 5) is 17.9. The van der Waals surface area contributed by atoms with E-state index in [0.717, 1.165) is 21.3 Å². The van der Waals surface area contributed by atoms with E-state index < -0.39 is 26.5 Å². The average molecular weight is 459 g/mol. The van der Waals surface area contributed by atoms with Gasteiger partial charge in [-0.2, -0.15) is 0 Å². The highest BCUT2D eigenvalue weighted by molar-refractivity contribution is 9.10. The number of hydrogen-bond donors (Lipinski definition) is 0. The summed E-state index contributed by atoms with van der Waals surface area (Å²) < 4.78 is 27.4. The molecule has 2 aromatic carbocycles. The highest BCUT2D eigenvalue weighted by Crippen LogP contribution is 2.61. The minimum atomic E-state index is -3.49. The zero-order valence-corrected chi connectivity index (χ0v) is 17.7. The largest absolute Gasteiger partial charge is 0.306 e. The third-order valence-corrected chi connectivity index (χ3v) is 9.08. The smallest absolute Gasteiger partial charge is 0.253 e. The van der Waals surface area contributed by atoms with Crippen molar-refractivity contribution in [1.82, 2.24) is 4.90 Å². The summed E-state index contributed by atoms with van der Waals surface area (Å²) in [7, 11) is -1.63. The highest BCUT2D eigenvalue weighted by atomic mass is 79.9. The van der Waals surface area contributed by atoms with Crippen molar-refractivity contribution in [2.24, 2.45) is 0 Å². The summed E-state index contributed by atoms with van der Waals surface area (Å²) in [6.45, 7) is 4.50. The number of hydrogen-bond acceptors (Lipinski definition) is 4. The molecule has 0 N–H and O–H groups in total. The SMILES string of the molecule is C=CCN1C(=O)[C@@]2(c3cc(Br)ccc31)[C@@H]1c3ccccc3S(=O)(=O)[C@@H]1CN2C. The Kier molecular flexibility index (Phi) is 3.73. The van der Waals surface area contributed by atoms with Crippen molar-refractivity contribution in [2.45, 2.75) is 21.6 Å². The van der Waals surface area contributed by atoms with Gasteiger partial charge in [0.05, 0.1) is 10.1 Å². The van der Waals surface area contributed by atoms with Crippen LogP contribution in [0.5, 0.6) is 0 Å². The van der Waals surface area contributed by atoms with Gasteiger partial charge in [0.2, 0.25) is 0 Å². The minimum Gasteiger partial charge on any atom is -0.306 e. The van der Waals surface area contributed by atoms with Gasteiger partial charge in [-0.1, -0.05) is 40.2 Å². The second-order valence-corrected chi connectivity index (χ2v) is 10.7. The van der Waals surface area contributed by atoms with Gasteiger partial charge in [0, 0.05) is 34.7 Å². The maximum atomic E-state index is 13.9. The number of benzene rings is 2. The summed E-state index contributed by atoms with van der Waals surface area (Å²) >= 11 is 3.53. The van der Waals surface area contributed by atoms with Crippen LogP contribution in [0.2, 0.25) is 0 Å². The molecule has 3 aliphatic heterocycles. The zero-order valence-electron chi connectivity index (χ0n) is 15.3. The van der Waals surface area contributed by atoms with Crippen molar-refractivity contribution in [3.63, 3.8) is 0 Å². The molecular formula is C21H19BrN2O3S. The van der Waals surface area contributed by atoms with Gasteiger partial charge in [0.1, 0.15) is 5.54 Å². The summed E-state index contributed by atoms with van der Waals surface area (Å²) in [6.07, 6.45) is 1.70. The van der Waals surface area contributed by atoms with E-state index in [4.69, 9.17) is 0 Å². The summed E-state index contributed by atoms with van der Waals surface area (Å²) in [5.41, 5.74) is 1.39. The van der Waals surface area contributed by atoms with E-state index in [2.05, 4.69) is 22.5 Å². The van der Waals surface area contributed by atoms with Gasteiger partial charge in [0.25, 0.3) is 5.91 Å². The quantitative estimate of drug-likeness (QED) is 0.648. The van der Waals surface area contributed by atoms with Crippen molar-refractivity contribution >= 4 is 37.4 Å². The van der Waals surface area contributed by atoms with Crippen LogP contribution in [0.4, 0.5) is 5.69 Å². The van der Waals surface area contributed by atoms with Crippen LogP contribution in [0.3, 0.4) is 0 Å². The average Bonchev–Trinajstić information content (AvgIpc) is 3.19. The molecule has 1 fully saturated rings. The number of amides is 1. The molecule has 0 aliphatic carbocycles. The molecule has 5 rings (SSSR count). The van der Waals surface area contributed by atoms with E-state index in [1.807, 2.05) is 42.3 Å². The Morgan fingerprint density at radius 1 is 1.29 bits per heavy atom. The van der Waals surface area contributed by atoms with Crippen molar-refractivity contribution < 1.29 is 13.2 Å². The molecule has 0 bridgehead atoms.